The van der Waals surface area contributed by atoms with E-state index in [1.807, 2.05) is 37.3 Å². The van der Waals surface area contributed by atoms with Crippen LogP contribution in [0.5, 0.6) is 0 Å². The van der Waals surface area contributed by atoms with Gasteiger partial charge in [0.2, 0.25) is 0 Å². The molecule has 4 nitrogen and oxygen atoms in total. The summed E-state index contributed by atoms with van der Waals surface area (Å²) in [4.78, 5) is 0. The number of anilines is 1. The molecular formula is C14H17ClN4. The van der Waals surface area contributed by atoms with E-state index in [1.54, 1.807) is 0 Å². The molecule has 0 aliphatic heterocycles. The summed E-state index contributed by atoms with van der Waals surface area (Å²) in [5.74, 6) is 0.801. The van der Waals surface area contributed by atoms with E-state index in [2.05, 4.69) is 26.9 Å². The number of nitrogens with one attached hydrogen (secondary N) is 2. The lowest BCUT2D eigenvalue weighted by Gasteiger charge is -2.07. The van der Waals surface area contributed by atoms with Crippen LogP contribution in [0.1, 0.15) is 11.3 Å². The van der Waals surface area contributed by atoms with Gasteiger partial charge in [-0.05, 0) is 36.8 Å². The van der Waals surface area contributed by atoms with Crippen molar-refractivity contribution in [3.63, 3.8) is 0 Å². The highest BCUT2D eigenvalue weighted by atomic mass is 35.5. The van der Waals surface area contributed by atoms with Crippen molar-refractivity contribution >= 4 is 17.4 Å². The van der Waals surface area contributed by atoms with Gasteiger partial charge in [-0.1, -0.05) is 23.7 Å². The van der Waals surface area contributed by atoms with Crippen LogP contribution in [-0.4, -0.2) is 23.3 Å². The van der Waals surface area contributed by atoms with Crippen molar-refractivity contribution in [1.29, 1.82) is 0 Å². The van der Waals surface area contributed by atoms with Crippen molar-refractivity contribution in [1.82, 2.24) is 15.5 Å². The minimum Gasteiger partial charge on any atom is -0.367 e. The summed E-state index contributed by atoms with van der Waals surface area (Å²) < 4.78 is 0. The SMILES string of the molecule is Cc1ccc(NCCNCc2cccc(Cl)c2)nn1. The molecule has 1 aromatic heterocycles. The fourth-order valence-electron chi connectivity index (χ4n) is 1.65. The lowest BCUT2D eigenvalue weighted by atomic mass is 10.2. The molecule has 0 amide bonds. The van der Waals surface area contributed by atoms with Gasteiger partial charge < -0.3 is 10.6 Å². The van der Waals surface area contributed by atoms with E-state index < -0.39 is 0 Å². The summed E-state index contributed by atoms with van der Waals surface area (Å²) in [6.45, 7) is 4.38. The number of hydrogen-bond acceptors (Lipinski definition) is 4. The van der Waals surface area contributed by atoms with E-state index >= 15 is 0 Å². The average Bonchev–Trinajstić information content (AvgIpc) is 2.41. The van der Waals surface area contributed by atoms with Crippen LogP contribution in [0.4, 0.5) is 5.82 Å². The molecular weight excluding hydrogens is 260 g/mol. The highest BCUT2D eigenvalue weighted by Gasteiger charge is 1.95. The van der Waals surface area contributed by atoms with E-state index in [0.717, 1.165) is 36.2 Å². The third-order valence-corrected chi connectivity index (χ3v) is 2.86. The summed E-state index contributed by atoms with van der Waals surface area (Å²) in [6, 6.07) is 11.7. The van der Waals surface area contributed by atoms with Gasteiger partial charge >= 0.3 is 0 Å². The molecule has 100 valence electrons. The maximum Gasteiger partial charge on any atom is 0.148 e. The molecule has 0 saturated heterocycles. The lowest BCUT2D eigenvalue weighted by molar-refractivity contribution is 0.705. The summed E-state index contributed by atoms with van der Waals surface area (Å²) in [5, 5.41) is 15.3. The fourth-order valence-corrected chi connectivity index (χ4v) is 1.86. The topological polar surface area (TPSA) is 49.8 Å². The zero-order valence-corrected chi connectivity index (χ0v) is 11.6. The zero-order chi connectivity index (χ0) is 13.5. The van der Waals surface area contributed by atoms with E-state index in [0.29, 0.717) is 0 Å². The van der Waals surface area contributed by atoms with Crippen LogP contribution >= 0.6 is 11.6 Å². The minimum absolute atomic E-state index is 0.771. The molecule has 0 fully saturated rings. The zero-order valence-electron chi connectivity index (χ0n) is 10.9. The van der Waals surface area contributed by atoms with E-state index in [1.165, 1.54) is 5.56 Å². The van der Waals surface area contributed by atoms with Gasteiger partial charge in [0, 0.05) is 24.7 Å². The molecule has 0 spiro atoms. The predicted molar refractivity (Wildman–Crippen MR) is 78.4 cm³/mol. The van der Waals surface area contributed by atoms with E-state index in [-0.39, 0.29) is 0 Å². The Hall–Kier alpha value is -1.65. The third kappa shape index (κ3) is 4.85. The fraction of sp³-hybridized carbons (Fsp3) is 0.286. The normalized spacial score (nSPS) is 10.4. The van der Waals surface area contributed by atoms with Gasteiger partial charge in [0.1, 0.15) is 5.82 Å². The van der Waals surface area contributed by atoms with Crippen molar-refractivity contribution in [3.05, 3.63) is 52.7 Å². The number of halogens is 1. The lowest BCUT2D eigenvalue weighted by Crippen LogP contribution is -2.22. The molecule has 0 saturated carbocycles. The second-order valence-electron chi connectivity index (χ2n) is 4.29. The summed E-state index contributed by atoms with van der Waals surface area (Å²) in [5.41, 5.74) is 2.10. The van der Waals surface area contributed by atoms with Gasteiger partial charge in [-0.2, -0.15) is 5.10 Å². The Morgan fingerprint density at radius 3 is 2.74 bits per heavy atom. The Labute approximate surface area is 118 Å². The molecule has 0 radical (unpaired) electrons. The maximum absolute atomic E-state index is 5.92. The van der Waals surface area contributed by atoms with Gasteiger partial charge in [0.15, 0.2) is 0 Å². The van der Waals surface area contributed by atoms with Crippen LogP contribution in [0.25, 0.3) is 0 Å². The Morgan fingerprint density at radius 2 is 2.00 bits per heavy atom. The standard InChI is InChI=1S/C14H17ClN4/c1-11-5-6-14(19-18-11)17-8-7-16-10-12-3-2-4-13(15)9-12/h2-6,9,16H,7-8,10H2,1H3,(H,17,19). The van der Waals surface area contributed by atoms with Crippen LogP contribution in [0, 0.1) is 6.92 Å². The summed E-state index contributed by atoms with van der Waals surface area (Å²) in [7, 11) is 0. The van der Waals surface area contributed by atoms with Crippen molar-refractivity contribution in [2.24, 2.45) is 0 Å². The predicted octanol–water partition coefficient (Wildman–Crippen LogP) is 2.64. The Morgan fingerprint density at radius 1 is 1.11 bits per heavy atom. The van der Waals surface area contributed by atoms with Crippen LogP contribution < -0.4 is 10.6 Å². The van der Waals surface area contributed by atoms with Crippen molar-refractivity contribution in [2.45, 2.75) is 13.5 Å². The first-order valence-corrected chi connectivity index (χ1v) is 6.61. The van der Waals surface area contributed by atoms with Gasteiger partial charge in [-0.25, -0.2) is 0 Å². The first-order valence-electron chi connectivity index (χ1n) is 6.23. The molecule has 1 heterocycles. The molecule has 0 atom stereocenters. The smallest absolute Gasteiger partial charge is 0.148 e. The molecule has 1 aromatic carbocycles. The number of benzene rings is 1. The van der Waals surface area contributed by atoms with Crippen LogP contribution in [0.2, 0.25) is 5.02 Å². The van der Waals surface area contributed by atoms with Crippen molar-refractivity contribution in [3.8, 4) is 0 Å². The van der Waals surface area contributed by atoms with Gasteiger partial charge in [-0.15, -0.1) is 5.10 Å². The molecule has 5 heteroatoms. The third-order valence-electron chi connectivity index (χ3n) is 2.62. The van der Waals surface area contributed by atoms with Crippen LogP contribution in [0.3, 0.4) is 0 Å². The van der Waals surface area contributed by atoms with Gasteiger partial charge in [-0.3, -0.25) is 0 Å². The highest BCUT2D eigenvalue weighted by molar-refractivity contribution is 6.30. The molecule has 2 rings (SSSR count). The molecule has 0 aliphatic carbocycles. The number of rotatable bonds is 6. The monoisotopic (exact) mass is 276 g/mol. The van der Waals surface area contributed by atoms with Crippen LogP contribution in [0.15, 0.2) is 36.4 Å². The second kappa shape index (κ2) is 7.07. The number of aryl methyl sites for hydroxylation is 1. The Bertz CT molecular complexity index is 513. The second-order valence-corrected chi connectivity index (χ2v) is 4.73. The van der Waals surface area contributed by atoms with Gasteiger partial charge in [0.25, 0.3) is 0 Å². The molecule has 0 bridgehead atoms. The number of hydrogen-bond donors (Lipinski definition) is 2. The average molecular weight is 277 g/mol. The Kier molecular flexibility index (Phi) is 5.12. The van der Waals surface area contributed by atoms with Crippen molar-refractivity contribution < 1.29 is 0 Å². The summed E-state index contributed by atoms with van der Waals surface area (Å²) >= 11 is 5.92. The first-order chi connectivity index (χ1) is 9.24. The van der Waals surface area contributed by atoms with Crippen LogP contribution in [-0.2, 0) is 6.54 Å². The first kappa shape index (κ1) is 13.8. The minimum atomic E-state index is 0.771. The molecule has 19 heavy (non-hydrogen) atoms. The Balaban J connectivity index is 1.66. The summed E-state index contributed by atoms with van der Waals surface area (Å²) in [6.07, 6.45) is 0. The molecule has 0 aliphatic rings. The quantitative estimate of drug-likeness (QED) is 0.797. The van der Waals surface area contributed by atoms with Crippen molar-refractivity contribution in [2.75, 3.05) is 18.4 Å². The highest BCUT2D eigenvalue weighted by Crippen LogP contribution is 2.10. The van der Waals surface area contributed by atoms with Gasteiger partial charge in [0.05, 0.1) is 5.69 Å². The molecule has 2 N–H and O–H groups in total. The molecule has 2 aromatic rings. The van der Waals surface area contributed by atoms with E-state index in [4.69, 9.17) is 11.6 Å². The maximum atomic E-state index is 5.92. The largest absolute Gasteiger partial charge is 0.367 e. The number of aromatic nitrogens is 2. The number of nitrogens with zero attached hydrogens (tertiary/aromatic N) is 2. The molecule has 0 unspecified atom stereocenters. The van der Waals surface area contributed by atoms with E-state index in [9.17, 15) is 0 Å².